The molecule has 0 bridgehead atoms. The second-order valence-electron chi connectivity index (χ2n) is 5.06. The van der Waals surface area contributed by atoms with Gasteiger partial charge >= 0.3 is 0 Å². The van der Waals surface area contributed by atoms with Crippen molar-refractivity contribution in [3.8, 4) is 5.75 Å². The van der Waals surface area contributed by atoms with Crippen molar-refractivity contribution in [1.29, 1.82) is 0 Å². The van der Waals surface area contributed by atoms with Gasteiger partial charge in [-0.25, -0.2) is 4.68 Å². The summed E-state index contributed by atoms with van der Waals surface area (Å²) in [6, 6.07) is 4.25. The van der Waals surface area contributed by atoms with Crippen molar-refractivity contribution >= 4 is 0 Å². The normalized spacial score (nSPS) is 10.8. The maximum absolute atomic E-state index is 5.87. The molecule has 0 saturated heterocycles. The second kappa shape index (κ2) is 6.52. The molecule has 0 atom stereocenters. The van der Waals surface area contributed by atoms with E-state index in [1.165, 1.54) is 16.7 Å². The van der Waals surface area contributed by atoms with Crippen molar-refractivity contribution in [3.05, 3.63) is 40.7 Å². The Bertz CT molecular complexity index is 577. The van der Waals surface area contributed by atoms with Gasteiger partial charge in [-0.2, -0.15) is 0 Å². The summed E-state index contributed by atoms with van der Waals surface area (Å²) in [5.74, 6) is 0.957. The van der Waals surface area contributed by atoms with E-state index in [1.807, 2.05) is 17.9 Å². The Morgan fingerprint density at radius 3 is 2.80 bits per heavy atom. The predicted octanol–water partition coefficient (Wildman–Crippen LogP) is 2.00. The highest BCUT2D eigenvalue weighted by molar-refractivity contribution is 5.41. The molecule has 20 heavy (non-hydrogen) atoms. The Balaban J connectivity index is 1.92. The average molecular weight is 274 g/mol. The van der Waals surface area contributed by atoms with Crippen LogP contribution in [0.4, 0.5) is 0 Å². The van der Waals surface area contributed by atoms with Gasteiger partial charge in [-0.1, -0.05) is 11.3 Å². The summed E-state index contributed by atoms with van der Waals surface area (Å²) >= 11 is 0. The van der Waals surface area contributed by atoms with Gasteiger partial charge in [0.2, 0.25) is 0 Å². The first-order chi connectivity index (χ1) is 9.60. The molecule has 2 aromatic rings. The summed E-state index contributed by atoms with van der Waals surface area (Å²) in [5.41, 5.74) is 4.62. The Labute approximate surface area is 120 Å². The number of aryl methyl sites for hydroxylation is 2. The van der Waals surface area contributed by atoms with Crippen LogP contribution in [0.1, 0.15) is 22.4 Å². The lowest BCUT2D eigenvalue weighted by atomic mass is 10.1. The standard InChI is InChI=1S/C15H22N4O/c1-11-7-12(2)13(3)15(8-11)20-6-5-19-10-14(9-16-4)17-18-19/h7-8,10,16H,5-6,9H2,1-4H3. The maximum Gasteiger partial charge on any atom is 0.122 e. The highest BCUT2D eigenvalue weighted by Gasteiger charge is 2.05. The summed E-state index contributed by atoms with van der Waals surface area (Å²) in [4.78, 5) is 0. The molecule has 0 aliphatic carbocycles. The van der Waals surface area contributed by atoms with E-state index in [0.717, 1.165) is 18.0 Å². The van der Waals surface area contributed by atoms with Crippen LogP contribution in [-0.2, 0) is 13.1 Å². The Morgan fingerprint density at radius 1 is 1.25 bits per heavy atom. The number of hydrogen-bond acceptors (Lipinski definition) is 4. The van der Waals surface area contributed by atoms with Crippen LogP contribution in [0.3, 0.4) is 0 Å². The van der Waals surface area contributed by atoms with E-state index in [0.29, 0.717) is 13.2 Å². The molecule has 0 aliphatic rings. The molecule has 1 heterocycles. The number of ether oxygens (including phenoxy) is 1. The van der Waals surface area contributed by atoms with E-state index in [1.54, 1.807) is 0 Å². The fourth-order valence-electron chi connectivity index (χ4n) is 2.11. The van der Waals surface area contributed by atoms with Gasteiger partial charge in [0.1, 0.15) is 12.4 Å². The zero-order chi connectivity index (χ0) is 14.5. The molecule has 0 amide bonds. The van der Waals surface area contributed by atoms with Gasteiger partial charge in [-0.15, -0.1) is 5.10 Å². The molecule has 1 aromatic heterocycles. The van der Waals surface area contributed by atoms with Crippen LogP contribution in [0, 0.1) is 20.8 Å². The molecular formula is C15H22N4O. The number of rotatable bonds is 6. The largest absolute Gasteiger partial charge is 0.491 e. The fourth-order valence-corrected chi connectivity index (χ4v) is 2.11. The third kappa shape index (κ3) is 3.57. The van der Waals surface area contributed by atoms with Gasteiger partial charge in [0.25, 0.3) is 0 Å². The molecule has 0 aliphatic heterocycles. The van der Waals surface area contributed by atoms with Gasteiger partial charge in [0.15, 0.2) is 0 Å². The zero-order valence-corrected chi connectivity index (χ0v) is 12.6. The molecule has 0 fully saturated rings. The van der Waals surface area contributed by atoms with Crippen LogP contribution >= 0.6 is 0 Å². The van der Waals surface area contributed by atoms with Crippen molar-refractivity contribution in [3.63, 3.8) is 0 Å². The fraction of sp³-hybridized carbons (Fsp3) is 0.467. The van der Waals surface area contributed by atoms with Crippen molar-refractivity contribution in [2.24, 2.45) is 0 Å². The minimum Gasteiger partial charge on any atom is -0.491 e. The number of nitrogens with zero attached hydrogens (tertiary/aromatic N) is 3. The van der Waals surface area contributed by atoms with Crippen molar-refractivity contribution < 1.29 is 4.74 Å². The van der Waals surface area contributed by atoms with Gasteiger partial charge in [-0.05, 0) is 50.6 Å². The van der Waals surface area contributed by atoms with Crippen LogP contribution < -0.4 is 10.1 Å². The lowest BCUT2D eigenvalue weighted by Crippen LogP contribution is -2.10. The molecule has 0 unspecified atom stereocenters. The molecule has 1 aromatic carbocycles. The molecule has 0 saturated carbocycles. The highest BCUT2D eigenvalue weighted by atomic mass is 16.5. The molecule has 0 radical (unpaired) electrons. The molecule has 1 N–H and O–H groups in total. The number of benzene rings is 1. The van der Waals surface area contributed by atoms with E-state index < -0.39 is 0 Å². The SMILES string of the molecule is CNCc1cn(CCOc2cc(C)cc(C)c2C)nn1. The van der Waals surface area contributed by atoms with E-state index in [4.69, 9.17) is 4.74 Å². The van der Waals surface area contributed by atoms with Gasteiger partial charge in [0.05, 0.1) is 12.2 Å². The van der Waals surface area contributed by atoms with Crippen LogP contribution in [0.15, 0.2) is 18.3 Å². The number of aromatic nitrogens is 3. The topological polar surface area (TPSA) is 52.0 Å². The van der Waals surface area contributed by atoms with E-state index in [-0.39, 0.29) is 0 Å². The van der Waals surface area contributed by atoms with E-state index in [9.17, 15) is 0 Å². The van der Waals surface area contributed by atoms with Crippen molar-refractivity contribution in [1.82, 2.24) is 20.3 Å². The number of hydrogen-bond donors (Lipinski definition) is 1. The molecule has 108 valence electrons. The minimum atomic E-state index is 0.589. The van der Waals surface area contributed by atoms with Crippen molar-refractivity contribution in [2.75, 3.05) is 13.7 Å². The summed E-state index contributed by atoms with van der Waals surface area (Å²) < 4.78 is 7.68. The van der Waals surface area contributed by atoms with Gasteiger partial charge in [-0.3, -0.25) is 0 Å². The van der Waals surface area contributed by atoms with Crippen LogP contribution in [0.5, 0.6) is 5.75 Å². The first kappa shape index (κ1) is 14.5. The minimum absolute atomic E-state index is 0.589. The van der Waals surface area contributed by atoms with Crippen LogP contribution in [-0.4, -0.2) is 28.6 Å². The maximum atomic E-state index is 5.87. The van der Waals surface area contributed by atoms with Gasteiger partial charge in [0, 0.05) is 12.7 Å². The summed E-state index contributed by atoms with van der Waals surface area (Å²) in [6.45, 7) is 8.30. The molecule has 0 spiro atoms. The first-order valence-corrected chi connectivity index (χ1v) is 6.84. The molecule has 5 heteroatoms. The summed E-state index contributed by atoms with van der Waals surface area (Å²) in [6.07, 6.45) is 1.94. The summed E-state index contributed by atoms with van der Waals surface area (Å²) in [5, 5.41) is 11.2. The number of nitrogens with one attached hydrogen (secondary N) is 1. The molecular weight excluding hydrogens is 252 g/mol. The smallest absolute Gasteiger partial charge is 0.122 e. The molecule has 2 rings (SSSR count). The highest BCUT2D eigenvalue weighted by Crippen LogP contribution is 2.23. The summed E-state index contributed by atoms with van der Waals surface area (Å²) in [7, 11) is 1.89. The monoisotopic (exact) mass is 274 g/mol. The second-order valence-corrected chi connectivity index (χ2v) is 5.06. The Hall–Kier alpha value is -1.88. The van der Waals surface area contributed by atoms with E-state index >= 15 is 0 Å². The van der Waals surface area contributed by atoms with Crippen LogP contribution in [0.2, 0.25) is 0 Å². The molecule has 5 nitrogen and oxygen atoms in total. The first-order valence-electron chi connectivity index (χ1n) is 6.84. The van der Waals surface area contributed by atoms with Gasteiger partial charge < -0.3 is 10.1 Å². The Morgan fingerprint density at radius 2 is 2.05 bits per heavy atom. The van der Waals surface area contributed by atoms with E-state index in [2.05, 4.69) is 48.5 Å². The average Bonchev–Trinajstić information content (AvgIpc) is 2.83. The third-order valence-electron chi connectivity index (χ3n) is 3.29. The van der Waals surface area contributed by atoms with Crippen molar-refractivity contribution in [2.45, 2.75) is 33.9 Å². The van der Waals surface area contributed by atoms with Crippen LogP contribution in [0.25, 0.3) is 0 Å². The lowest BCUT2D eigenvalue weighted by Gasteiger charge is -2.12. The Kier molecular flexibility index (Phi) is 4.74. The zero-order valence-electron chi connectivity index (χ0n) is 12.6. The quantitative estimate of drug-likeness (QED) is 0.875. The predicted molar refractivity (Wildman–Crippen MR) is 78.9 cm³/mol. The lowest BCUT2D eigenvalue weighted by molar-refractivity contribution is 0.287. The third-order valence-corrected chi connectivity index (χ3v) is 3.29.